The molecule has 1 heterocycles. The Bertz CT molecular complexity index is 377. The summed E-state index contributed by atoms with van der Waals surface area (Å²) >= 11 is 0. The van der Waals surface area contributed by atoms with Crippen molar-refractivity contribution in [1.82, 2.24) is 10.2 Å². The predicted octanol–water partition coefficient (Wildman–Crippen LogP) is 2.77. The number of nitrogens with one attached hydrogen (secondary N) is 1. The number of hydrogen-bond donors (Lipinski definition) is 1. The number of amides is 1. The molecule has 1 amide bonds. The molecule has 3 fully saturated rings. The van der Waals surface area contributed by atoms with Gasteiger partial charge in [0.25, 0.3) is 0 Å². The van der Waals surface area contributed by atoms with Gasteiger partial charge in [0, 0.05) is 25.2 Å². The molecule has 4 unspecified atom stereocenters. The summed E-state index contributed by atoms with van der Waals surface area (Å²) in [5.74, 6) is 1.87. The Hall–Kier alpha value is -0.770. The molecule has 1 N–H and O–H groups in total. The SMILES string of the molecule is CC(C)(C)OC(=O)N1CCC(NC2CC3CCC2C3)C1. The van der Waals surface area contributed by atoms with Crippen LogP contribution in [-0.4, -0.2) is 41.8 Å². The second kappa shape index (κ2) is 5.21. The van der Waals surface area contributed by atoms with Gasteiger partial charge in [-0.05, 0) is 58.3 Å². The van der Waals surface area contributed by atoms with Crippen LogP contribution in [0.1, 0.15) is 52.9 Å². The summed E-state index contributed by atoms with van der Waals surface area (Å²) in [4.78, 5) is 13.9. The summed E-state index contributed by atoms with van der Waals surface area (Å²) in [5, 5.41) is 3.81. The van der Waals surface area contributed by atoms with E-state index in [4.69, 9.17) is 4.74 Å². The van der Waals surface area contributed by atoms with Gasteiger partial charge in [0.1, 0.15) is 5.60 Å². The van der Waals surface area contributed by atoms with Crippen molar-refractivity contribution in [2.45, 2.75) is 70.6 Å². The van der Waals surface area contributed by atoms with E-state index in [-0.39, 0.29) is 6.09 Å². The third kappa shape index (κ3) is 3.11. The predicted molar refractivity (Wildman–Crippen MR) is 78.6 cm³/mol. The monoisotopic (exact) mass is 280 g/mol. The van der Waals surface area contributed by atoms with Crippen LogP contribution in [-0.2, 0) is 4.74 Å². The van der Waals surface area contributed by atoms with Gasteiger partial charge >= 0.3 is 6.09 Å². The van der Waals surface area contributed by atoms with Crippen LogP contribution in [0.2, 0.25) is 0 Å². The molecule has 0 aromatic heterocycles. The Morgan fingerprint density at radius 1 is 1.20 bits per heavy atom. The number of fused-ring (bicyclic) bond motifs is 2. The second-order valence-corrected chi connectivity index (χ2v) is 7.86. The van der Waals surface area contributed by atoms with Crippen molar-refractivity contribution in [1.29, 1.82) is 0 Å². The van der Waals surface area contributed by atoms with Gasteiger partial charge in [-0.1, -0.05) is 6.42 Å². The van der Waals surface area contributed by atoms with Crippen molar-refractivity contribution in [2.24, 2.45) is 11.8 Å². The molecule has 20 heavy (non-hydrogen) atoms. The first-order valence-electron chi connectivity index (χ1n) is 8.15. The molecule has 3 aliphatic rings. The highest BCUT2D eigenvalue weighted by molar-refractivity contribution is 5.68. The van der Waals surface area contributed by atoms with E-state index in [0.29, 0.717) is 12.1 Å². The maximum absolute atomic E-state index is 12.0. The minimum absolute atomic E-state index is 0.158. The first-order chi connectivity index (χ1) is 9.40. The van der Waals surface area contributed by atoms with E-state index in [1.54, 1.807) is 0 Å². The van der Waals surface area contributed by atoms with Gasteiger partial charge in [0.05, 0.1) is 0 Å². The topological polar surface area (TPSA) is 41.6 Å². The van der Waals surface area contributed by atoms with Crippen molar-refractivity contribution in [3.05, 3.63) is 0 Å². The molecule has 1 saturated heterocycles. The molecular weight excluding hydrogens is 252 g/mol. The van der Waals surface area contributed by atoms with Crippen molar-refractivity contribution in [2.75, 3.05) is 13.1 Å². The average Bonchev–Trinajstić information content (AvgIpc) is 3.01. The Labute approximate surface area is 122 Å². The highest BCUT2D eigenvalue weighted by Crippen LogP contribution is 2.44. The minimum Gasteiger partial charge on any atom is -0.444 e. The molecule has 0 aromatic carbocycles. The fourth-order valence-corrected chi connectivity index (χ4v) is 4.14. The lowest BCUT2D eigenvalue weighted by Crippen LogP contribution is -2.44. The quantitative estimate of drug-likeness (QED) is 0.845. The van der Waals surface area contributed by atoms with E-state index in [1.165, 1.54) is 25.7 Å². The van der Waals surface area contributed by atoms with Crippen molar-refractivity contribution in [3.63, 3.8) is 0 Å². The van der Waals surface area contributed by atoms with E-state index in [2.05, 4.69) is 5.32 Å². The summed E-state index contributed by atoms with van der Waals surface area (Å²) < 4.78 is 5.45. The molecule has 0 radical (unpaired) electrons. The molecule has 2 saturated carbocycles. The molecule has 114 valence electrons. The van der Waals surface area contributed by atoms with Gasteiger partial charge in [-0.2, -0.15) is 0 Å². The zero-order valence-corrected chi connectivity index (χ0v) is 13.0. The van der Waals surface area contributed by atoms with Gasteiger partial charge < -0.3 is 15.0 Å². The van der Waals surface area contributed by atoms with E-state index in [0.717, 1.165) is 31.3 Å². The lowest BCUT2D eigenvalue weighted by atomic mass is 9.94. The second-order valence-electron chi connectivity index (χ2n) is 7.86. The van der Waals surface area contributed by atoms with Crippen molar-refractivity contribution < 1.29 is 9.53 Å². The summed E-state index contributed by atoms with van der Waals surface area (Å²) in [6, 6.07) is 1.17. The van der Waals surface area contributed by atoms with Gasteiger partial charge in [-0.3, -0.25) is 0 Å². The van der Waals surface area contributed by atoms with Crippen LogP contribution >= 0.6 is 0 Å². The molecule has 4 heteroatoms. The van der Waals surface area contributed by atoms with Crippen LogP contribution in [0.25, 0.3) is 0 Å². The Morgan fingerprint density at radius 3 is 2.60 bits per heavy atom. The smallest absolute Gasteiger partial charge is 0.410 e. The Morgan fingerprint density at radius 2 is 2.00 bits per heavy atom. The molecule has 4 nitrogen and oxygen atoms in total. The van der Waals surface area contributed by atoms with Crippen LogP contribution in [0.5, 0.6) is 0 Å². The highest BCUT2D eigenvalue weighted by atomic mass is 16.6. The molecule has 0 aromatic rings. The van der Waals surface area contributed by atoms with E-state index in [1.807, 2.05) is 25.7 Å². The highest BCUT2D eigenvalue weighted by Gasteiger charge is 2.41. The number of nitrogens with zero attached hydrogens (tertiary/aromatic N) is 1. The number of rotatable bonds is 2. The molecule has 2 bridgehead atoms. The lowest BCUT2D eigenvalue weighted by Gasteiger charge is -2.27. The fourth-order valence-electron chi connectivity index (χ4n) is 4.14. The largest absolute Gasteiger partial charge is 0.444 e. The van der Waals surface area contributed by atoms with Crippen LogP contribution in [0.3, 0.4) is 0 Å². The van der Waals surface area contributed by atoms with Gasteiger partial charge in [-0.25, -0.2) is 4.79 Å². The number of carbonyl (C=O) groups is 1. The van der Waals surface area contributed by atoms with Crippen molar-refractivity contribution in [3.8, 4) is 0 Å². The van der Waals surface area contributed by atoms with E-state index >= 15 is 0 Å². The molecule has 0 spiro atoms. The normalized spacial score (nSPS) is 36.6. The number of likely N-dealkylation sites (tertiary alicyclic amines) is 1. The zero-order valence-electron chi connectivity index (χ0n) is 13.0. The molecule has 4 atom stereocenters. The first kappa shape index (κ1) is 14.2. The first-order valence-corrected chi connectivity index (χ1v) is 8.15. The molecular formula is C16H28N2O2. The maximum atomic E-state index is 12.0. The summed E-state index contributed by atoms with van der Waals surface area (Å²) in [6.07, 6.45) is 6.54. The van der Waals surface area contributed by atoms with E-state index in [9.17, 15) is 4.79 Å². The van der Waals surface area contributed by atoms with E-state index < -0.39 is 5.60 Å². The van der Waals surface area contributed by atoms with Crippen LogP contribution in [0.15, 0.2) is 0 Å². The number of carbonyl (C=O) groups excluding carboxylic acids is 1. The molecule has 2 aliphatic carbocycles. The van der Waals surface area contributed by atoms with Gasteiger partial charge in [-0.15, -0.1) is 0 Å². The summed E-state index contributed by atoms with van der Waals surface area (Å²) in [5.41, 5.74) is -0.396. The number of ether oxygens (including phenoxy) is 1. The average molecular weight is 280 g/mol. The van der Waals surface area contributed by atoms with Crippen LogP contribution in [0.4, 0.5) is 4.79 Å². The van der Waals surface area contributed by atoms with Gasteiger partial charge in [0.2, 0.25) is 0 Å². The minimum atomic E-state index is -0.396. The maximum Gasteiger partial charge on any atom is 0.410 e. The molecule has 3 rings (SSSR count). The third-order valence-electron chi connectivity index (χ3n) is 5.03. The Balaban J connectivity index is 1.46. The zero-order chi connectivity index (χ0) is 14.3. The Kier molecular flexibility index (Phi) is 3.69. The van der Waals surface area contributed by atoms with Crippen LogP contribution in [0, 0.1) is 11.8 Å². The standard InChI is InChI=1S/C16H28N2O2/c1-16(2,3)20-15(19)18-7-6-13(10-18)17-14-9-11-4-5-12(14)8-11/h11-14,17H,4-10H2,1-3H3. The summed E-state index contributed by atoms with van der Waals surface area (Å²) in [6.45, 7) is 7.40. The van der Waals surface area contributed by atoms with Crippen LogP contribution < -0.4 is 5.32 Å². The fraction of sp³-hybridized carbons (Fsp3) is 0.938. The molecule has 1 aliphatic heterocycles. The third-order valence-corrected chi connectivity index (χ3v) is 5.03. The van der Waals surface area contributed by atoms with Gasteiger partial charge in [0.15, 0.2) is 0 Å². The van der Waals surface area contributed by atoms with Crippen molar-refractivity contribution >= 4 is 6.09 Å². The summed E-state index contributed by atoms with van der Waals surface area (Å²) in [7, 11) is 0. The number of hydrogen-bond acceptors (Lipinski definition) is 3. The lowest BCUT2D eigenvalue weighted by molar-refractivity contribution is 0.0290.